The predicted molar refractivity (Wildman–Crippen MR) is 141 cm³/mol. The van der Waals surface area contributed by atoms with Crippen molar-refractivity contribution in [3.05, 3.63) is 59.6 Å². The van der Waals surface area contributed by atoms with Crippen molar-refractivity contribution in [1.29, 1.82) is 0 Å². The molecule has 198 valence electrons. The van der Waals surface area contributed by atoms with E-state index in [-0.39, 0.29) is 17.9 Å². The van der Waals surface area contributed by atoms with Gasteiger partial charge in [-0.1, -0.05) is 12.1 Å². The Morgan fingerprint density at radius 2 is 2.05 bits per heavy atom. The van der Waals surface area contributed by atoms with Crippen LogP contribution < -0.4 is 4.74 Å². The molecule has 2 aliphatic carbocycles. The third-order valence-electron chi connectivity index (χ3n) is 8.77. The first-order valence-electron chi connectivity index (χ1n) is 13.4. The molecule has 5 rings (SSSR count). The third-order valence-corrected chi connectivity index (χ3v) is 8.77. The predicted octanol–water partition coefficient (Wildman–Crippen LogP) is 4.32. The third kappa shape index (κ3) is 5.25. The van der Waals surface area contributed by atoms with E-state index in [9.17, 15) is 14.7 Å². The lowest BCUT2D eigenvalue weighted by Crippen LogP contribution is -2.67. The van der Waals surface area contributed by atoms with Crippen molar-refractivity contribution in [2.75, 3.05) is 26.7 Å². The van der Waals surface area contributed by atoms with Crippen molar-refractivity contribution >= 4 is 18.0 Å². The lowest BCUT2D eigenvalue weighted by molar-refractivity contribution is -0.145. The minimum absolute atomic E-state index is 0.0183. The number of β-amino-alcohol motifs (C(OH)–C–C–N with tert-alkyl or cyclic N) is 1. The maximum atomic E-state index is 13.2. The number of hydrogen-bond donors (Lipinski definition) is 1. The quantitative estimate of drug-likeness (QED) is 0.342. The molecule has 3 fully saturated rings. The van der Waals surface area contributed by atoms with Crippen LogP contribution in [0.2, 0.25) is 0 Å². The molecule has 1 N–H and O–H groups in total. The molecule has 37 heavy (non-hydrogen) atoms. The second-order valence-corrected chi connectivity index (χ2v) is 11.3. The van der Waals surface area contributed by atoms with Gasteiger partial charge in [-0.15, -0.1) is 0 Å². The molecular weight excluding hydrogens is 468 g/mol. The first-order valence-corrected chi connectivity index (χ1v) is 13.4. The van der Waals surface area contributed by atoms with Crippen molar-refractivity contribution in [2.24, 2.45) is 5.92 Å². The number of aryl methyl sites for hydroxylation is 1. The number of aliphatic hydroxyl groups is 1. The summed E-state index contributed by atoms with van der Waals surface area (Å²) in [4.78, 5) is 29.1. The molecule has 1 amide bonds. The van der Waals surface area contributed by atoms with Crippen LogP contribution in [0, 0.1) is 12.8 Å². The standard InChI is InChI=1S/C30H38N2O5/c1-21-24(12-16-36-21)9-10-28(34)31(3)26-11-13-30(35)20-32(19-23-7-8-23)15-14-29(30,18-26)25-5-4-6-27(17-25)37-22(2)33/h4-6,9-10,12,16-17,23,26,35H,7-8,11,13-15,18-20H2,1-3H3/b10-9+/t26-,29-,30-/m0/s1. The van der Waals surface area contributed by atoms with Gasteiger partial charge < -0.3 is 24.1 Å². The van der Waals surface area contributed by atoms with Crippen molar-refractivity contribution in [3.63, 3.8) is 0 Å². The molecule has 2 aromatic rings. The van der Waals surface area contributed by atoms with Crippen LogP contribution in [-0.4, -0.2) is 65.1 Å². The molecule has 7 heteroatoms. The number of amides is 1. The van der Waals surface area contributed by atoms with Crippen LogP contribution in [0.25, 0.3) is 6.08 Å². The number of hydrogen-bond acceptors (Lipinski definition) is 6. The fourth-order valence-electron chi connectivity index (χ4n) is 6.43. The van der Waals surface area contributed by atoms with E-state index in [1.54, 1.807) is 24.5 Å². The van der Waals surface area contributed by atoms with Gasteiger partial charge in [0.25, 0.3) is 0 Å². The van der Waals surface area contributed by atoms with E-state index in [4.69, 9.17) is 9.15 Å². The highest BCUT2D eigenvalue weighted by molar-refractivity contribution is 5.92. The number of ether oxygens (including phenoxy) is 1. The van der Waals surface area contributed by atoms with Gasteiger partial charge in [-0.05, 0) is 87.7 Å². The van der Waals surface area contributed by atoms with E-state index < -0.39 is 11.0 Å². The van der Waals surface area contributed by atoms with E-state index in [1.165, 1.54) is 19.8 Å². The van der Waals surface area contributed by atoms with Gasteiger partial charge in [0, 0.05) is 50.2 Å². The molecule has 2 heterocycles. The van der Waals surface area contributed by atoms with Gasteiger partial charge >= 0.3 is 5.97 Å². The van der Waals surface area contributed by atoms with Gasteiger partial charge in [0.2, 0.25) is 5.91 Å². The van der Waals surface area contributed by atoms with Gasteiger partial charge in [0.1, 0.15) is 11.5 Å². The number of likely N-dealkylation sites (tertiary alicyclic amines) is 1. The smallest absolute Gasteiger partial charge is 0.308 e. The molecule has 7 nitrogen and oxygen atoms in total. The second-order valence-electron chi connectivity index (χ2n) is 11.3. The van der Waals surface area contributed by atoms with E-state index in [0.29, 0.717) is 25.1 Å². The van der Waals surface area contributed by atoms with Gasteiger partial charge in [-0.25, -0.2) is 0 Å². The summed E-state index contributed by atoms with van der Waals surface area (Å²) in [7, 11) is 1.86. The molecular formula is C30H38N2O5. The first kappa shape index (κ1) is 25.7. The number of piperidine rings is 1. The monoisotopic (exact) mass is 506 g/mol. The van der Waals surface area contributed by atoms with Crippen LogP contribution in [0.4, 0.5) is 0 Å². The number of carbonyl (C=O) groups is 2. The number of benzene rings is 1. The molecule has 1 aliphatic heterocycles. The molecule has 0 unspecified atom stereocenters. The van der Waals surface area contributed by atoms with Crippen LogP contribution in [0.3, 0.4) is 0 Å². The fourth-order valence-corrected chi connectivity index (χ4v) is 6.43. The van der Waals surface area contributed by atoms with Crippen LogP contribution in [0.5, 0.6) is 5.75 Å². The zero-order valence-electron chi connectivity index (χ0n) is 22.1. The van der Waals surface area contributed by atoms with Crippen LogP contribution in [0.1, 0.15) is 62.3 Å². The second kappa shape index (κ2) is 10.1. The molecule has 1 saturated heterocycles. The van der Waals surface area contributed by atoms with E-state index in [1.807, 2.05) is 43.1 Å². The summed E-state index contributed by atoms with van der Waals surface area (Å²) in [6, 6.07) is 9.46. The Kier molecular flexibility index (Phi) is 7.03. The summed E-state index contributed by atoms with van der Waals surface area (Å²) in [6.07, 6.45) is 10.4. The van der Waals surface area contributed by atoms with Crippen molar-refractivity contribution in [2.45, 2.75) is 69.4 Å². The summed E-state index contributed by atoms with van der Waals surface area (Å²) in [6.45, 7) is 5.85. The van der Waals surface area contributed by atoms with Crippen LogP contribution in [-0.2, 0) is 15.0 Å². The summed E-state index contributed by atoms with van der Waals surface area (Å²) in [5.41, 5.74) is 0.418. The van der Waals surface area contributed by atoms with E-state index in [2.05, 4.69) is 4.90 Å². The Morgan fingerprint density at radius 1 is 1.24 bits per heavy atom. The lowest BCUT2D eigenvalue weighted by Gasteiger charge is -2.59. The number of rotatable bonds is 7. The molecule has 3 atom stereocenters. The van der Waals surface area contributed by atoms with Crippen LogP contribution >= 0.6 is 0 Å². The Labute approximate surface area is 219 Å². The average molecular weight is 507 g/mol. The largest absolute Gasteiger partial charge is 0.469 e. The molecule has 0 spiro atoms. The summed E-state index contributed by atoms with van der Waals surface area (Å²) in [5.74, 6) is 1.60. The lowest BCUT2D eigenvalue weighted by atomic mass is 9.55. The fraction of sp³-hybridized carbons (Fsp3) is 0.533. The molecule has 0 bridgehead atoms. The van der Waals surface area contributed by atoms with Crippen molar-refractivity contribution in [3.8, 4) is 5.75 Å². The molecule has 0 radical (unpaired) electrons. The topological polar surface area (TPSA) is 83.2 Å². The number of esters is 1. The minimum Gasteiger partial charge on any atom is -0.469 e. The first-order chi connectivity index (χ1) is 17.7. The van der Waals surface area contributed by atoms with Crippen molar-refractivity contribution < 1.29 is 23.8 Å². The highest BCUT2D eigenvalue weighted by Gasteiger charge is 2.58. The Hall–Kier alpha value is -2.90. The van der Waals surface area contributed by atoms with Gasteiger partial charge in [-0.2, -0.15) is 0 Å². The van der Waals surface area contributed by atoms with Gasteiger partial charge in [-0.3, -0.25) is 9.59 Å². The number of nitrogens with zero attached hydrogens (tertiary/aromatic N) is 2. The highest BCUT2D eigenvalue weighted by atomic mass is 16.5. The number of likely N-dealkylation sites (N-methyl/N-ethyl adjacent to an activating group) is 1. The molecule has 2 saturated carbocycles. The number of furan rings is 1. The molecule has 1 aromatic heterocycles. The van der Waals surface area contributed by atoms with Gasteiger partial charge in [0.15, 0.2) is 0 Å². The maximum Gasteiger partial charge on any atom is 0.308 e. The summed E-state index contributed by atoms with van der Waals surface area (Å²) >= 11 is 0. The SMILES string of the molecule is CC(=O)Oc1cccc([C@@]23CCN(CC4CC4)C[C@@]2(O)CC[C@H](N(C)C(=O)/C=C/c2ccoc2C)C3)c1. The normalized spacial score (nSPS) is 28.2. The number of fused-ring (bicyclic) bond motifs is 1. The zero-order valence-corrected chi connectivity index (χ0v) is 22.1. The Balaban J connectivity index is 1.42. The van der Waals surface area contributed by atoms with Gasteiger partial charge in [0.05, 0.1) is 11.9 Å². The van der Waals surface area contributed by atoms with E-state index >= 15 is 0 Å². The number of carbonyl (C=O) groups excluding carboxylic acids is 2. The minimum atomic E-state index is -0.918. The Bertz CT molecular complexity index is 1180. The maximum absolute atomic E-state index is 13.2. The average Bonchev–Trinajstić information content (AvgIpc) is 3.59. The Morgan fingerprint density at radius 3 is 2.76 bits per heavy atom. The zero-order chi connectivity index (χ0) is 26.2. The summed E-state index contributed by atoms with van der Waals surface area (Å²) in [5, 5.41) is 12.3. The summed E-state index contributed by atoms with van der Waals surface area (Å²) < 4.78 is 10.8. The molecule has 1 aromatic carbocycles. The van der Waals surface area contributed by atoms with E-state index in [0.717, 1.165) is 48.7 Å². The molecule has 3 aliphatic rings. The van der Waals surface area contributed by atoms with Crippen LogP contribution in [0.15, 0.2) is 47.1 Å². The highest BCUT2D eigenvalue weighted by Crippen LogP contribution is 2.53. The van der Waals surface area contributed by atoms with Crippen molar-refractivity contribution in [1.82, 2.24) is 9.80 Å².